The van der Waals surface area contributed by atoms with E-state index in [1.165, 1.54) is 6.07 Å². The van der Waals surface area contributed by atoms with Gasteiger partial charge in [-0.25, -0.2) is 0 Å². The molecule has 1 rings (SSSR count). The van der Waals surface area contributed by atoms with Crippen molar-refractivity contribution in [3.63, 3.8) is 0 Å². The van der Waals surface area contributed by atoms with Gasteiger partial charge in [0.05, 0.1) is 17.8 Å². The first-order chi connectivity index (χ1) is 6.54. The molecule has 0 saturated carbocycles. The largest absolute Gasteiger partial charge is 0.417 e. The van der Waals surface area contributed by atoms with Crippen LogP contribution < -0.4 is 5.32 Å². The van der Waals surface area contributed by atoms with Crippen LogP contribution in [0.1, 0.15) is 11.3 Å². The number of pyridine rings is 1. The van der Waals surface area contributed by atoms with E-state index in [0.717, 1.165) is 12.3 Å². The first-order valence-corrected chi connectivity index (χ1v) is 3.73. The minimum atomic E-state index is -4.37. The highest BCUT2D eigenvalue weighted by Crippen LogP contribution is 2.28. The van der Waals surface area contributed by atoms with E-state index in [0.29, 0.717) is 12.1 Å². The van der Waals surface area contributed by atoms with E-state index < -0.39 is 11.7 Å². The number of carbonyl (C=O) groups is 1. The maximum Gasteiger partial charge on any atom is 0.417 e. The van der Waals surface area contributed by atoms with Crippen LogP contribution in [0.15, 0.2) is 18.3 Å². The summed E-state index contributed by atoms with van der Waals surface area (Å²) in [5.74, 6) is 0. The summed E-state index contributed by atoms with van der Waals surface area (Å²) in [7, 11) is 0. The van der Waals surface area contributed by atoms with Crippen molar-refractivity contribution >= 4 is 6.41 Å². The van der Waals surface area contributed by atoms with E-state index in [-0.39, 0.29) is 6.54 Å². The predicted octanol–water partition coefficient (Wildman–Crippen LogP) is 1.35. The Hall–Kier alpha value is -1.59. The lowest BCUT2D eigenvalue weighted by Gasteiger charge is -2.06. The standard InChI is InChI=1S/C8H7F3N2O/c9-8(10,11)6-1-2-7(13-3-6)4-12-5-14/h1-3,5H,4H2,(H,12,14). The van der Waals surface area contributed by atoms with Crippen LogP contribution in [0.4, 0.5) is 13.2 Å². The van der Waals surface area contributed by atoms with E-state index in [2.05, 4.69) is 10.3 Å². The highest BCUT2D eigenvalue weighted by molar-refractivity contribution is 5.45. The van der Waals surface area contributed by atoms with Crippen molar-refractivity contribution in [1.29, 1.82) is 0 Å². The van der Waals surface area contributed by atoms with Gasteiger partial charge in [-0.05, 0) is 12.1 Å². The second kappa shape index (κ2) is 4.08. The average molecular weight is 204 g/mol. The molecule has 0 unspecified atom stereocenters. The third kappa shape index (κ3) is 2.72. The summed E-state index contributed by atoms with van der Waals surface area (Å²) in [6, 6.07) is 2.15. The Morgan fingerprint density at radius 1 is 1.43 bits per heavy atom. The van der Waals surface area contributed by atoms with Gasteiger partial charge in [-0.2, -0.15) is 13.2 Å². The van der Waals surface area contributed by atoms with Crippen LogP contribution in [0.25, 0.3) is 0 Å². The van der Waals surface area contributed by atoms with E-state index >= 15 is 0 Å². The number of halogens is 3. The van der Waals surface area contributed by atoms with Crippen LogP contribution in [0.2, 0.25) is 0 Å². The number of carbonyl (C=O) groups excluding carboxylic acids is 1. The van der Waals surface area contributed by atoms with Gasteiger partial charge in [0.1, 0.15) is 0 Å². The Balaban J connectivity index is 2.73. The van der Waals surface area contributed by atoms with Gasteiger partial charge < -0.3 is 5.32 Å². The van der Waals surface area contributed by atoms with E-state index in [9.17, 15) is 18.0 Å². The number of rotatable bonds is 3. The zero-order valence-electron chi connectivity index (χ0n) is 7.01. The summed E-state index contributed by atoms with van der Waals surface area (Å²) < 4.78 is 36.2. The SMILES string of the molecule is O=CNCc1ccc(C(F)(F)F)cn1. The first kappa shape index (κ1) is 10.5. The summed E-state index contributed by atoms with van der Waals surface area (Å²) in [6.07, 6.45) is -3.18. The minimum absolute atomic E-state index is 0.127. The molecule has 0 aromatic carbocycles. The molecule has 0 radical (unpaired) electrons. The lowest BCUT2D eigenvalue weighted by Crippen LogP contribution is -2.12. The van der Waals surface area contributed by atoms with Crippen molar-refractivity contribution in [2.75, 3.05) is 0 Å². The van der Waals surface area contributed by atoms with Crippen LogP contribution in [-0.2, 0) is 17.5 Å². The molecule has 0 saturated heterocycles. The van der Waals surface area contributed by atoms with Crippen LogP contribution in [0.5, 0.6) is 0 Å². The molecule has 0 aliphatic heterocycles. The first-order valence-electron chi connectivity index (χ1n) is 3.73. The van der Waals surface area contributed by atoms with E-state index in [1.54, 1.807) is 0 Å². The van der Waals surface area contributed by atoms with Gasteiger partial charge in [-0.3, -0.25) is 9.78 Å². The third-order valence-corrected chi connectivity index (χ3v) is 1.52. The van der Waals surface area contributed by atoms with Crippen molar-refractivity contribution in [1.82, 2.24) is 10.3 Å². The lowest BCUT2D eigenvalue weighted by atomic mass is 10.2. The summed E-state index contributed by atoms with van der Waals surface area (Å²) >= 11 is 0. The Morgan fingerprint density at radius 2 is 2.14 bits per heavy atom. The fourth-order valence-corrected chi connectivity index (χ4v) is 0.843. The quantitative estimate of drug-likeness (QED) is 0.755. The third-order valence-electron chi connectivity index (χ3n) is 1.52. The zero-order chi connectivity index (χ0) is 10.6. The van der Waals surface area contributed by atoms with Gasteiger partial charge in [0.25, 0.3) is 0 Å². The van der Waals surface area contributed by atoms with Crippen LogP contribution in [-0.4, -0.2) is 11.4 Å². The second-order valence-corrected chi connectivity index (χ2v) is 2.53. The normalized spacial score (nSPS) is 11.1. The number of hydrogen-bond acceptors (Lipinski definition) is 2. The fourth-order valence-electron chi connectivity index (χ4n) is 0.843. The molecule has 1 amide bonds. The summed E-state index contributed by atoms with van der Waals surface area (Å²) in [5, 5.41) is 2.30. The molecular formula is C8H7F3N2O. The highest BCUT2D eigenvalue weighted by atomic mass is 19.4. The van der Waals surface area contributed by atoms with Gasteiger partial charge in [-0.15, -0.1) is 0 Å². The monoisotopic (exact) mass is 204 g/mol. The van der Waals surface area contributed by atoms with Crippen LogP contribution >= 0.6 is 0 Å². The van der Waals surface area contributed by atoms with Crippen LogP contribution in [0, 0.1) is 0 Å². The van der Waals surface area contributed by atoms with Crippen molar-refractivity contribution in [2.45, 2.75) is 12.7 Å². The molecule has 0 bridgehead atoms. The van der Waals surface area contributed by atoms with Gasteiger partial charge in [0.15, 0.2) is 0 Å². The van der Waals surface area contributed by atoms with Gasteiger partial charge in [-0.1, -0.05) is 0 Å². The number of aromatic nitrogens is 1. The molecule has 1 aromatic rings. The van der Waals surface area contributed by atoms with E-state index in [4.69, 9.17) is 0 Å². The minimum Gasteiger partial charge on any atom is -0.353 e. The molecule has 6 heteroatoms. The van der Waals surface area contributed by atoms with Crippen molar-refractivity contribution in [2.24, 2.45) is 0 Å². The molecule has 0 aliphatic rings. The lowest BCUT2D eigenvalue weighted by molar-refractivity contribution is -0.137. The maximum absolute atomic E-state index is 12.1. The molecule has 0 spiro atoms. The van der Waals surface area contributed by atoms with Crippen molar-refractivity contribution in [3.05, 3.63) is 29.6 Å². The zero-order valence-corrected chi connectivity index (χ0v) is 7.01. The maximum atomic E-state index is 12.1. The Morgan fingerprint density at radius 3 is 2.57 bits per heavy atom. The number of nitrogens with one attached hydrogen (secondary N) is 1. The Kier molecular flexibility index (Phi) is 3.06. The molecule has 3 nitrogen and oxygen atoms in total. The molecule has 0 atom stereocenters. The number of amides is 1. The molecule has 76 valence electrons. The smallest absolute Gasteiger partial charge is 0.353 e. The second-order valence-electron chi connectivity index (χ2n) is 2.53. The molecule has 1 aromatic heterocycles. The number of alkyl halides is 3. The molecule has 1 N–H and O–H groups in total. The highest BCUT2D eigenvalue weighted by Gasteiger charge is 2.30. The van der Waals surface area contributed by atoms with Crippen molar-refractivity contribution < 1.29 is 18.0 Å². The average Bonchev–Trinajstić information content (AvgIpc) is 2.14. The Bertz CT molecular complexity index is 307. The van der Waals surface area contributed by atoms with E-state index in [1.807, 2.05) is 0 Å². The van der Waals surface area contributed by atoms with Gasteiger partial charge >= 0.3 is 6.18 Å². The topological polar surface area (TPSA) is 42.0 Å². The summed E-state index contributed by atoms with van der Waals surface area (Å²) in [4.78, 5) is 13.4. The summed E-state index contributed by atoms with van der Waals surface area (Å²) in [5.41, 5.74) is -0.419. The molecule has 1 heterocycles. The number of nitrogens with zero attached hydrogens (tertiary/aromatic N) is 1. The molecular weight excluding hydrogens is 197 g/mol. The van der Waals surface area contributed by atoms with Crippen LogP contribution in [0.3, 0.4) is 0 Å². The molecule has 0 aliphatic carbocycles. The van der Waals surface area contributed by atoms with Gasteiger partial charge in [0.2, 0.25) is 6.41 Å². The Labute approximate surface area is 78.0 Å². The predicted molar refractivity (Wildman–Crippen MR) is 42.1 cm³/mol. The van der Waals surface area contributed by atoms with Crippen molar-refractivity contribution in [3.8, 4) is 0 Å². The molecule has 14 heavy (non-hydrogen) atoms. The summed E-state index contributed by atoms with van der Waals surface area (Å²) in [6.45, 7) is 0.127. The van der Waals surface area contributed by atoms with Gasteiger partial charge in [0, 0.05) is 6.20 Å². The number of hydrogen-bond donors (Lipinski definition) is 1. The fraction of sp³-hybridized carbons (Fsp3) is 0.250. The molecule has 0 fully saturated rings.